The lowest BCUT2D eigenvalue weighted by atomic mass is 10.1. The third-order valence-corrected chi connectivity index (χ3v) is 5.74. The Morgan fingerprint density at radius 1 is 1.07 bits per heavy atom. The summed E-state index contributed by atoms with van der Waals surface area (Å²) in [7, 11) is 0. The van der Waals surface area contributed by atoms with E-state index in [2.05, 4.69) is 42.3 Å². The standard InChI is InChI=1S/C23H25N3O2S/c1-16-4-9-21(14-17(16)2)26-13-12-25-23(26)29-15-22(28)20-7-5-19(6-8-20)10-11-24-18(3)27/h4-9,12-14H,10-11,15H2,1-3H3,(H,24,27). The minimum absolute atomic E-state index is 0.0343. The molecule has 0 spiro atoms. The van der Waals surface area contributed by atoms with Crippen LogP contribution in [-0.4, -0.2) is 33.5 Å². The lowest BCUT2D eigenvalue weighted by Gasteiger charge is -2.10. The second-order valence-corrected chi connectivity index (χ2v) is 7.93. The average molecular weight is 408 g/mol. The zero-order chi connectivity index (χ0) is 20.8. The fraction of sp³-hybridized carbons (Fsp3) is 0.261. The molecule has 0 fully saturated rings. The van der Waals surface area contributed by atoms with Crippen LogP contribution in [0, 0.1) is 13.8 Å². The van der Waals surface area contributed by atoms with Crippen molar-refractivity contribution < 1.29 is 9.59 Å². The van der Waals surface area contributed by atoms with E-state index in [-0.39, 0.29) is 11.7 Å². The van der Waals surface area contributed by atoms with Crippen LogP contribution in [0.1, 0.15) is 34.0 Å². The Labute approximate surface area is 175 Å². The monoisotopic (exact) mass is 407 g/mol. The predicted molar refractivity (Wildman–Crippen MR) is 117 cm³/mol. The minimum Gasteiger partial charge on any atom is -0.356 e. The number of Topliss-reactive ketones (excluding diaryl/α,β-unsaturated/α-hetero) is 1. The van der Waals surface area contributed by atoms with Gasteiger partial charge >= 0.3 is 0 Å². The van der Waals surface area contributed by atoms with E-state index < -0.39 is 0 Å². The van der Waals surface area contributed by atoms with Crippen molar-refractivity contribution in [1.29, 1.82) is 0 Å². The smallest absolute Gasteiger partial charge is 0.216 e. The first-order chi connectivity index (χ1) is 13.9. The van der Waals surface area contributed by atoms with Crippen molar-refractivity contribution >= 4 is 23.5 Å². The summed E-state index contributed by atoms with van der Waals surface area (Å²) in [5.41, 5.74) is 5.29. The van der Waals surface area contributed by atoms with Crippen LogP contribution in [0.3, 0.4) is 0 Å². The van der Waals surface area contributed by atoms with Gasteiger partial charge in [-0.25, -0.2) is 4.98 Å². The maximum atomic E-state index is 12.6. The Bertz CT molecular complexity index is 1010. The van der Waals surface area contributed by atoms with Crippen LogP contribution in [0.4, 0.5) is 0 Å². The van der Waals surface area contributed by atoms with Gasteiger partial charge in [-0.15, -0.1) is 0 Å². The lowest BCUT2D eigenvalue weighted by Crippen LogP contribution is -2.22. The molecule has 6 heteroatoms. The zero-order valence-electron chi connectivity index (χ0n) is 16.9. The van der Waals surface area contributed by atoms with Crippen molar-refractivity contribution in [3.63, 3.8) is 0 Å². The number of nitrogens with zero attached hydrogens (tertiary/aromatic N) is 2. The van der Waals surface area contributed by atoms with Crippen LogP contribution in [0.2, 0.25) is 0 Å². The first-order valence-electron chi connectivity index (χ1n) is 9.54. The van der Waals surface area contributed by atoms with Crippen molar-refractivity contribution in [2.45, 2.75) is 32.3 Å². The van der Waals surface area contributed by atoms with E-state index in [1.165, 1.54) is 29.8 Å². The zero-order valence-corrected chi connectivity index (χ0v) is 17.8. The number of rotatable bonds is 8. The Balaban J connectivity index is 1.60. The molecule has 0 bridgehead atoms. The molecule has 1 amide bonds. The second-order valence-electron chi connectivity index (χ2n) is 6.99. The molecule has 0 atom stereocenters. The van der Waals surface area contributed by atoms with Gasteiger partial charge in [0.1, 0.15) is 0 Å². The summed E-state index contributed by atoms with van der Waals surface area (Å²) >= 11 is 1.44. The number of benzene rings is 2. The molecular weight excluding hydrogens is 382 g/mol. The molecule has 2 aromatic carbocycles. The predicted octanol–water partition coefficient (Wildman–Crippen LogP) is 4.14. The number of hydrogen-bond acceptors (Lipinski definition) is 4. The summed E-state index contributed by atoms with van der Waals surface area (Å²) in [6.45, 7) is 6.28. The maximum Gasteiger partial charge on any atom is 0.216 e. The first kappa shape index (κ1) is 20.9. The molecule has 3 rings (SSSR count). The highest BCUT2D eigenvalue weighted by Gasteiger charge is 2.11. The Morgan fingerprint density at radius 2 is 1.83 bits per heavy atom. The summed E-state index contributed by atoms with van der Waals surface area (Å²) in [6.07, 6.45) is 4.42. The van der Waals surface area contributed by atoms with Crippen molar-refractivity contribution in [2.24, 2.45) is 0 Å². The number of carbonyl (C=O) groups is 2. The van der Waals surface area contributed by atoms with Crippen molar-refractivity contribution in [1.82, 2.24) is 14.9 Å². The highest BCUT2D eigenvalue weighted by atomic mass is 32.2. The summed E-state index contributed by atoms with van der Waals surface area (Å²) in [5, 5.41) is 3.57. The summed E-state index contributed by atoms with van der Waals surface area (Å²) < 4.78 is 2.01. The van der Waals surface area contributed by atoms with Crippen molar-refractivity contribution in [2.75, 3.05) is 12.3 Å². The number of thioether (sulfide) groups is 1. The van der Waals surface area contributed by atoms with Gasteiger partial charge in [0.15, 0.2) is 10.9 Å². The minimum atomic E-state index is -0.0343. The van der Waals surface area contributed by atoms with Crippen LogP contribution >= 0.6 is 11.8 Å². The lowest BCUT2D eigenvalue weighted by molar-refractivity contribution is -0.118. The molecule has 5 nitrogen and oxygen atoms in total. The Kier molecular flexibility index (Phi) is 6.88. The van der Waals surface area contributed by atoms with Crippen molar-refractivity contribution in [3.05, 3.63) is 77.1 Å². The third-order valence-electron chi connectivity index (χ3n) is 4.77. The van der Waals surface area contributed by atoms with Gasteiger partial charge < -0.3 is 5.32 Å². The summed E-state index contributed by atoms with van der Waals surface area (Å²) in [6, 6.07) is 13.9. The van der Waals surface area contributed by atoms with E-state index >= 15 is 0 Å². The topological polar surface area (TPSA) is 64.0 Å². The number of imidazole rings is 1. The van der Waals surface area contributed by atoms with E-state index in [1.54, 1.807) is 6.20 Å². The molecule has 29 heavy (non-hydrogen) atoms. The number of ketones is 1. The van der Waals surface area contributed by atoms with E-state index in [9.17, 15) is 9.59 Å². The number of amides is 1. The molecular formula is C23H25N3O2S. The fourth-order valence-electron chi connectivity index (χ4n) is 2.92. The van der Waals surface area contributed by atoms with Gasteiger partial charge in [0.2, 0.25) is 5.91 Å². The number of nitrogens with one attached hydrogen (secondary N) is 1. The van der Waals surface area contributed by atoms with E-state index in [1.807, 2.05) is 35.0 Å². The van der Waals surface area contributed by atoms with Gasteiger partial charge in [-0.2, -0.15) is 0 Å². The number of hydrogen-bond donors (Lipinski definition) is 1. The highest BCUT2D eigenvalue weighted by Crippen LogP contribution is 2.23. The maximum absolute atomic E-state index is 12.6. The largest absolute Gasteiger partial charge is 0.356 e. The number of aromatic nitrogens is 2. The van der Waals surface area contributed by atoms with Gasteiger partial charge in [-0.1, -0.05) is 42.1 Å². The Morgan fingerprint density at radius 3 is 2.52 bits per heavy atom. The molecule has 0 aliphatic carbocycles. The molecule has 0 aliphatic rings. The molecule has 1 N–H and O–H groups in total. The quantitative estimate of drug-likeness (QED) is 0.450. The van der Waals surface area contributed by atoms with E-state index in [0.717, 1.165) is 22.8 Å². The molecule has 1 heterocycles. The molecule has 0 radical (unpaired) electrons. The number of carbonyl (C=O) groups excluding carboxylic acids is 2. The summed E-state index contributed by atoms with van der Waals surface area (Å²) in [4.78, 5) is 27.9. The van der Waals surface area contributed by atoms with Gasteiger partial charge in [0.05, 0.1) is 5.75 Å². The SMILES string of the molecule is CC(=O)NCCc1ccc(C(=O)CSc2nccn2-c2ccc(C)c(C)c2)cc1. The first-order valence-corrected chi connectivity index (χ1v) is 10.5. The molecule has 1 aromatic heterocycles. The normalized spacial score (nSPS) is 10.7. The molecule has 0 unspecified atom stereocenters. The molecule has 3 aromatic rings. The van der Waals surface area contributed by atoms with E-state index in [0.29, 0.717) is 17.9 Å². The van der Waals surface area contributed by atoms with Crippen LogP contribution in [-0.2, 0) is 11.2 Å². The van der Waals surface area contributed by atoms with Crippen LogP contribution in [0.25, 0.3) is 5.69 Å². The number of aryl methyl sites for hydroxylation is 2. The highest BCUT2D eigenvalue weighted by molar-refractivity contribution is 7.99. The average Bonchev–Trinajstić information content (AvgIpc) is 3.17. The second kappa shape index (κ2) is 9.56. The molecule has 0 saturated carbocycles. The van der Waals surface area contributed by atoms with E-state index in [4.69, 9.17) is 0 Å². The molecule has 0 saturated heterocycles. The van der Waals surface area contributed by atoms with Gasteiger partial charge in [-0.05, 0) is 49.1 Å². The Hall–Kier alpha value is -2.86. The summed E-state index contributed by atoms with van der Waals surface area (Å²) in [5.74, 6) is 0.360. The fourth-order valence-corrected chi connectivity index (χ4v) is 3.79. The molecule has 150 valence electrons. The van der Waals surface area contributed by atoms with Crippen molar-refractivity contribution in [3.8, 4) is 5.69 Å². The van der Waals surface area contributed by atoms with Crippen LogP contribution < -0.4 is 5.32 Å². The van der Waals surface area contributed by atoms with Gasteiger partial charge in [-0.3, -0.25) is 14.2 Å². The third kappa shape index (κ3) is 5.57. The van der Waals surface area contributed by atoms with Gasteiger partial charge in [0, 0.05) is 37.1 Å². The molecule has 0 aliphatic heterocycles. The van der Waals surface area contributed by atoms with Crippen LogP contribution in [0.15, 0.2) is 60.0 Å². The van der Waals surface area contributed by atoms with Gasteiger partial charge in [0.25, 0.3) is 0 Å². The van der Waals surface area contributed by atoms with Crippen LogP contribution in [0.5, 0.6) is 0 Å².